The van der Waals surface area contributed by atoms with Crippen LogP contribution >= 0.6 is 0 Å². The SMILES string of the molecule is CNC(=O)C1CCN(Cc2cccc(S(=O)(=O)N(C)C)c2)CC1. The molecule has 1 saturated heterocycles. The molecule has 128 valence electrons. The fraction of sp³-hybridized carbons (Fsp3) is 0.562. The lowest BCUT2D eigenvalue weighted by molar-refractivity contribution is -0.125. The Morgan fingerprint density at radius 1 is 1.30 bits per heavy atom. The lowest BCUT2D eigenvalue weighted by Gasteiger charge is -2.31. The molecule has 0 spiro atoms. The van der Waals surface area contributed by atoms with Gasteiger partial charge >= 0.3 is 0 Å². The second-order valence-corrected chi connectivity index (χ2v) is 8.25. The van der Waals surface area contributed by atoms with E-state index in [1.807, 2.05) is 6.07 Å². The van der Waals surface area contributed by atoms with Crippen LogP contribution in [0.3, 0.4) is 0 Å². The van der Waals surface area contributed by atoms with E-state index in [0.717, 1.165) is 31.5 Å². The van der Waals surface area contributed by atoms with Gasteiger partial charge in [-0.1, -0.05) is 12.1 Å². The van der Waals surface area contributed by atoms with Crippen molar-refractivity contribution in [2.24, 2.45) is 5.92 Å². The molecule has 1 aliphatic rings. The molecule has 0 unspecified atom stereocenters. The van der Waals surface area contributed by atoms with Crippen LogP contribution in [0.4, 0.5) is 0 Å². The number of hydrogen-bond donors (Lipinski definition) is 1. The summed E-state index contributed by atoms with van der Waals surface area (Å²) in [5.41, 5.74) is 0.978. The first-order chi connectivity index (χ1) is 10.8. The van der Waals surface area contributed by atoms with Crippen molar-refractivity contribution in [1.82, 2.24) is 14.5 Å². The topological polar surface area (TPSA) is 69.7 Å². The minimum Gasteiger partial charge on any atom is -0.359 e. The van der Waals surface area contributed by atoms with Gasteiger partial charge in [0.1, 0.15) is 0 Å². The average Bonchev–Trinajstić information content (AvgIpc) is 2.55. The monoisotopic (exact) mass is 339 g/mol. The van der Waals surface area contributed by atoms with Crippen LogP contribution in [0.15, 0.2) is 29.2 Å². The van der Waals surface area contributed by atoms with Crippen molar-refractivity contribution in [2.75, 3.05) is 34.2 Å². The summed E-state index contributed by atoms with van der Waals surface area (Å²) in [6, 6.07) is 7.08. The molecule has 1 heterocycles. The molecule has 23 heavy (non-hydrogen) atoms. The third kappa shape index (κ3) is 4.31. The van der Waals surface area contributed by atoms with E-state index >= 15 is 0 Å². The van der Waals surface area contributed by atoms with E-state index in [4.69, 9.17) is 0 Å². The zero-order valence-electron chi connectivity index (χ0n) is 13.9. The van der Waals surface area contributed by atoms with Crippen LogP contribution < -0.4 is 5.32 Å². The molecule has 0 bridgehead atoms. The van der Waals surface area contributed by atoms with Crippen molar-refractivity contribution in [1.29, 1.82) is 0 Å². The lowest BCUT2D eigenvalue weighted by atomic mass is 9.95. The fourth-order valence-corrected chi connectivity index (χ4v) is 3.80. The molecular formula is C16H25N3O3S. The molecule has 1 amide bonds. The first-order valence-corrected chi connectivity index (χ1v) is 9.24. The maximum atomic E-state index is 12.2. The van der Waals surface area contributed by atoms with Crippen LogP contribution in [0.25, 0.3) is 0 Å². The zero-order chi connectivity index (χ0) is 17.0. The number of sulfonamides is 1. The van der Waals surface area contributed by atoms with E-state index in [-0.39, 0.29) is 11.8 Å². The van der Waals surface area contributed by atoms with Crippen molar-refractivity contribution < 1.29 is 13.2 Å². The highest BCUT2D eigenvalue weighted by Gasteiger charge is 2.24. The maximum absolute atomic E-state index is 12.2. The molecule has 1 aliphatic heterocycles. The largest absolute Gasteiger partial charge is 0.359 e. The number of likely N-dealkylation sites (tertiary alicyclic amines) is 1. The first kappa shape index (κ1) is 17.9. The second kappa shape index (κ2) is 7.42. The Kier molecular flexibility index (Phi) is 5.78. The van der Waals surface area contributed by atoms with Crippen LogP contribution in [0.1, 0.15) is 18.4 Å². The summed E-state index contributed by atoms with van der Waals surface area (Å²) in [5.74, 6) is 0.209. The number of piperidine rings is 1. The van der Waals surface area contributed by atoms with E-state index in [9.17, 15) is 13.2 Å². The minimum absolute atomic E-state index is 0.0942. The molecule has 2 rings (SSSR count). The summed E-state index contributed by atoms with van der Waals surface area (Å²) < 4.78 is 25.6. The summed E-state index contributed by atoms with van der Waals surface area (Å²) in [6.45, 7) is 2.41. The number of carbonyl (C=O) groups excluding carboxylic acids is 1. The Balaban J connectivity index is 2.01. The van der Waals surface area contributed by atoms with E-state index < -0.39 is 10.0 Å². The lowest BCUT2D eigenvalue weighted by Crippen LogP contribution is -2.39. The highest BCUT2D eigenvalue weighted by Crippen LogP contribution is 2.21. The second-order valence-electron chi connectivity index (χ2n) is 6.10. The van der Waals surface area contributed by atoms with Crippen molar-refractivity contribution in [3.8, 4) is 0 Å². The van der Waals surface area contributed by atoms with Gasteiger partial charge in [0, 0.05) is 33.6 Å². The standard InChI is InChI=1S/C16H25N3O3S/c1-17-16(20)14-7-9-19(10-8-14)12-13-5-4-6-15(11-13)23(21,22)18(2)3/h4-6,11,14H,7-10,12H2,1-3H3,(H,17,20). The molecule has 0 aliphatic carbocycles. The Morgan fingerprint density at radius 2 is 1.96 bits per heavy atom. The Hall–Kier alpha value is -1.44. The van der Waals surface area contributed by atoms with Gasteiger partial charge in [0.25, 0.3) is 0 Å². The van der Waals surface area contributed by atoms with Crippen LogP contribution in [-0.2, 0) is 21.4 Å². The minimum atomic E-state index is -3.40. The van der Waals surface area contributed by atoms with Gasteiger partial charge in [-0.05, 0) is 43.6 Å². The Labute approximate surface area is 138 Å². The van der Waals surface area contributed by atoms with Crippen molar-refractivity contribution in [2.45, 2.75) is 24.3 Å². The van der Waals surface area contributed by atoms with Gasteiger partial charge in [0.2, 0.25) is 15.9 Å². The van der Waals surface area contributed by atoms with E-state index in [2.05, 4.69) is 10.2 Å². The molecule has 1 fully saturated rings. The van der Waals surface area contributed by atoms with Crippen LogP contribution in [0, 0.1) is 5.92 Å². The maximum Gasteiger partial charge on any atom is 0.242 e. The Morgan fingerprint density at radius 3 is 2.52 bits per heavy atom. The third-order valence-corrected chi connectivity index (χ3v) is 6.10. The van der Waals surface area contributed by atoms with Gasteiger partial charge in [0.15, 0.2) is 0 Å². The van der Waals surface area contributed by atoms with E-state index in [1.54, 1.807) is 25.2 Å². The molecule has 0 saturated carbocycles. The smallest absolute Gasteiger partial charge is 0.242 e. The number of hydrogen-bond acceptors (Lipinski definition) is 4. The number of rotatable bonds is 5. The summed E-state index contributed by atoms with van der Waals surface area (Å²) in [6.07, 6.45) is 1.69. The predicted octanol–water partition coefficient (Wildman–Crippen LogP) is 0.895. The predicted molar refractivity (Wildman–Crippen MR) is 89.4 cm³/mol. The normalized spacial score (nSPS) is 17.4. The van der Waals surface area contributed by atoms with Crippen molar-refractivity contribution >= 4 is 15.9 Å². The van der Waals surface area contributed by atoms with Gasteiger partial charge in [-0.15, -0.1) is 0 Å². The van der Waals surface area contributed by atoms with Crippen LogP contribution in [0.2, 0.25) is 0 Å². The molecule has 0 aromatic heterocycles. The quantitative estimate of drug-likeness (QED) is 0.865. The fourth-order valence-electron chi connectivity index (χ4n) is 2.83. The number of carbonyl (C=O) groups is 1. The number of nitrogens with zero attached hydrogens (tertiary/aromatic N) is 2. The molecule has 0 atom stereocenters. The molecule has 7 heteroatoms. The molecular weight excluding hydrogens is 314 g/mol. The van der Waals surface area contributed by atoms with Crippen LogP contribution in [-0.4, -0.2) is 57.8 Å². The van der Waals surface area contributed by atoms with Gasteiger partial charge in [-0.3, -0.25) is 9.69 Å². The number of benzene rings is 1. The highest BCUT2D eigenvalue weighted by molar-refractivity contribution is 7.89. The molecule has 1 aromatic rings. The third-order valence-electron chi connectivity index (χ3n) is 4.29. The number of amides is 1. The highest BCUT2D eigenvalue weighted by atomic mass is 32.2. The first-order valence-electron chi connectivity index (χ1n) is 7.80. The van der Waals surface area contributed by atoms with Gasteiger partial charge in [-0.25, -0.2) is 12.7 Å². The summed E-state index contributed by atoms with van der Waals surface area (Å²) in [4.78, 5) is 14.2. The molecule has 1 N–H and O–H groups in total. The summed E-state index contributed by atoms with van der Waals surface area (Å²) in [5, 5.41) is 2.71. The van der Waals surface area contributed by atoms with Crippen molar-refractivity contribution in [3.63, 3.8) is 0 Å². The van der Waals surface area contributed by atoms with Crippen LogP contribution in [0.5, 0.6) is 0 Å². The van der Waals surface area contributed by atoms with Gasteiger partial charge in [-0.2, -0.15) is 0 Å². The molecule has 0 radical (unpaired) electrons. The molecule has 1 aromatic carbocycles. The Bertz CT molecular complexity index is 650. The summed E-state index contributed by atoms with van der Waals surface area (Å²) in [7, 11) is 1.34. The molecule has 6 nitrogen and oxygen atoms in total. The van der Waals surface area contributed by atoms with Gasteiger partial charge in [0.05, 0.1) is 4.90 Å². The zero-order valence-corrected chi connectivity index (χ0v) is 14.8. The van der Waals surface area contributed by atoms with Crippen molar-refractivity contribution in [3.05, 3.63) is 29.8 Å². The van der Waals surface area contributed by atoms with E-state index in [1.165, 1.54) is 18.4 Å². The average molecular weight is 339 g/mol. The van der Waals surface area contributed by atoms with E-state index in [0.29, 0.717) is 11.4 Å². The summed E-state index contributed by atoms with van der Waals surface area (Å²) >= 11 is 0. The number of nitrogens with one attached hydrogen (secondary N) is 1. The van der Waals surface area contributed by atoms with Gasteiger partial charge < -0.3 is 5.32 Å².